The molecule has 10 nitrogen and oxygen atoms in total. The first-order valence-electron chi connectivity index (χ1n) is 14.5. The first-order chi connectivity index (χ1) is 20.2. The Bertz CT molecular complexity index is 1490. The van der Waals surface area contributed by atoms with Gasteiger partial charge in [-0.2, -0.15) is 4.31 Å². The number of nitrogens with zero attached hydrogens (tertiary/aromatic N) is 3. The van der Waals surface area contributed by atoms with Gasteiger partial charge in [-0.3, -0.25) is 9.59 Å². The molecular formula is C30H39N5O5S2. The average molecular weight is 614 g/mol. The lowest BCUT2D eigenvalue weighted by atomic mass is 9.87. The lowest BCUT2D eigenvalue weighted by molar-refractivity contribution is -0.118. The third-order valence-corrected chi connectivity index (χ3v) is 11.1. The van der Waals surface area contributed by atoms with E-state index in [0.717, 1.165) is 23.1 Å². The molecule has 0 spiro atoms. The van der Waals surface area contributed by atoms with E-state index in [4.69, 9.17) is 4.74 Å². The van der Waals surface area contributed by atoms with Crippen molar-refractivity contribution in [3.63, 3.8) is 0 Å². The second-order valence-corrected chi connectivity index (χ2v) is 14.1. The van der Waals surface area contributed by atoms with E-state index in [0.29, 0.717) is 67.9 Å². The number of hydrogen-bond acceptors (Lipinski definition) is 8. The van der Waals surface area contributed by atoms with Crippen LogP contribution in [-0.2, 0) is 19.6 Å². The lowest BCUT2D eigenvalue weighted by Gasteiger charge is -2.31. The van der Waals surface area contributed by atoms with Crippen molar-refractivity contribution in [2.45, 2.75) is 42.9 Å². The number of piperazine rings is 1. The smallest absolute Gasteiger partial charge is 0.251 e. The van der Waals surface area contributed by atoms with Crippen molar-refractivity contribution in [3.05, 3.63) is 53.6 Å². The molecule has 3 aromatic rings. The van der Waals surface area contributed by atoms with Gasteiger partial charge < -0.3 is 20.3 Å². The van der Waals surface area contributed by atoms with Crippen molar-refractivity contribution >= 4 is 48.5 Å². The van der Waals surface area contributed by atoms with E-state index in [1.807, 2.05) is 7.05 Å². The number of carbonyl (C=O) groups excluding carboxylic acids is 2. The number of fused-ring (bicyclic) bond motifs is 1. The van der Waals surface area contributed by atoms with E-state index in [9.17, 15) is 18.0 Å². The number of ether oxygens (including phenoxy) is 1. The monoisotopic (exact) mass is 613 g/mol. The van der Waals surface area contributed by atoms with Gasteiger partial charge in [-0.25, -0.2) is 13.4 Å². The predicted octanol–water partition coefficient (Wildman–Crippen LogP) is 3.91. The summed E-state index contributed by atoms with van der Waals surface area (Å²) in [6, 6.07) is 12.1. The minimum Gasteiger partial charge on any atom is -0.383 e. The van der Waals surface area contributed by atoms with Crippen molar-refractivity contribution in [1.29, 1.82) is 0 Å². The Labute approximate surface area is 251 Å². The van der Waals surface area contributed by atoms with Crippen LogP contribution in [0.1, 0.15) is 53.9 Å². The van der Waals surface area contributed by atoms with Crippen molar-refractivity contribution < 1.29 is 22.7 Å². The number of carbonyl (C=O) groups is 2. The molecule has 1 aliphatic heterocycles. The second kappa shape index (κ2) is 13.6. The number of nitrogens with one attached hydrogen (secondary N) is 2. The molecule has 1 aliphatic carbocycles. The number of anilines is 1. The maximum Gasteiger partial charge on any atom is 0.251 e. The lowest BCUT2D eigenvalue weighted by Crippen LogP contribution is -2.47. The van der Waals surface area contributed by atoms with Crippen molar-refractivity contribution in [3.8, 4) is 0 Å². The van der Waals surface area contributed by atoms with E-state index in [1.165, 1.54) is 28.5 Å². The first-order valence-corrected chi connectivity index (χ1v) is 16.8. The average Bonchev–Trinajstić information content (AvgIpc) is 3.65. The zero-order valence-electron chi connectivity index (χ0n) is 24.2. The summed E-state index contributed by atoms with van der Waals surface area (Å²) in [4.78, 5) is 33.1. The van der Waals surface area contributed by atoms with E-state index in [-0.39, 0.29) is 16.7 Å². The minimum absolute atomic E-state index is 0.159. The van der Waals surface area contributed by atoms with Crippen LogP contribution >= 0.6 is 11.3 Å². The zero-order chi connectivity index (χ0) is 29.7. The van der Waals surface area contributed by atoms with Crippen molar-refractivity contribution in [2.24, 2.45) is 5.92 Å². The summed E-state index contributed by atoms with van der Waals surface area (Å²) in [5, 5.41) is 6.30. The molecule has 2 heterocycles. The molecule has 12 heteroatoms. The molecule has 1 atom stereocenters. The summed E-state index contributed by atoms with van der Waals surface area (Å²) in [6.07, 6.45) is 5.22. The number of methoxy groups -OCH3 is 1. The van der Waals surface area contributed by atoms with Gasteiger partial charge in [0.2, 0.25) is 15.9 Å². The molecule has 0 unspecified atom stereocenters. The summed E-state index contributed by atoms with van der Waals surface area (Å²) in [5.41, 5.74) is 2.02. The van der Waals surface area contributed by atoms with E-state index < -0.39 is 15.9 Å². The van der Waals surface area contributed by atoms with Gasteiger partial charge in [0.25, 0.3) is 5.91 Å². The Hall–Kier alpha value is -2.90. The fourth-order valence-corrected chi connectivity index (χ4v) is 8.03. The van der Waals surface area contributed by atoms with E-state index >= 15 is 0 Å². The van der Waals surface area contributed by atoms with E-state index in [2.05, 4.69) is 20.5 Å². The van der Waals surface area contributed by atoms with Gasteiger partial charge in [-0.1, -0.05) is 49.2 Å². The highest BCUT2D eigenvalue weighted by Crippen LogP contribution is 2.36. The van der Waals surface area contributed by atoms with Gasteiger partial charge in [-0.15, -0.1) is 0 Å². The highest BCUT2D eigenvalue weighted by Gasteiger charge is 2.30. The molecule has 0 bridgehead atoms. The fraction of sp³-hybridized carbons (Fsp3) is 0.500. The Morgan fingerprint density at radius 1 is 1.07 bits per heavy atom. The third kappa shape index (κ3) is 7.17. The maximum absolute atomic E-state index is 13.7. The van der Waals surface area contributed by atoms with Crippen LogP contribution < -0.4 is 10.6 Å². The number of rotatable bonds is 11. The van der Waals surface area contributed by atoms with Crippen molar-refractivity contribution in [2.75, 3.05) is 58.8 Å². The summed E-state index contributed by atoms with van der Waals surface area (Å²) < 4.78 is 33.8. The Balaban J connectivity index is 1.32. The number of sulfonamides is 1. The van der Waals surface area contributed by atoms with Crippen LogP contribution in [0.2, 0.25) is 0 Å². The summed E-state index contributed by atoms with van der Waals surface area (Å²) in [5.74, 6) is -0.331. The molecule has 1 saturated carbocycles. The number of hydrogen-bond donors (Lipinski definition) is 2. The Morgan fingerprint density at radius 3 is 2.48 bits per heavy atom. The van der Waals surface area contributed by atoms with Crippen molar-refractivity contribution in [1.82, 2.24) is 19.5 Å². The number of aromatic nitrogens is 1. The molecule has 2 fully saturated rings. The Kier molecular flexibility index (Phi) is 9.89. The van der Waals surface area contributed by atoms with Crippen LogP contribution in [-0.4, -0.2) is 87.9 Å². The molecular weight excluding hydrogens is 574 g/mol. The third-order valence-electron chi connectivity index (χ3n) is 8.22. The molecule has 226 valence electrons. The van der Waals surface area contributed by atoms with Crippen LogP contribution in [0.4, 0.5) is 5.13 Å². The van der Waals surface area contributed by atoms with Gasteiger partial charge in [0.15, 0.2) is 5.13 Å². The number of amides is 2. The van der Waals surface area contributed by atoms with Gasteiger partial charge in [-0.05, 0) is 55.3 Å². The fourth-order valence-electron chi connectivity index (χ4n) is 5.70. The minimum atomic E-state index is -3.59. The van der Waals surface area contributed by atoms with Gasteiger partial charge in [0.1, 0.15) is 0 Å². The van der Waals surface area contributed by atoms with Gasteiger partial charge in [0.05, 0.1) is 27.6 Å². The van der Waals surface area contributed by atoms with Crippen LogP contribution in [0, 0.1) is 5.92 Å². The standard InChI is InChI=1S/C30H39N5O5S2/c1-34-14-16-35(17-15-34)42(38,39)24-10-7-22(8-11-24)25(19-21-5-3-4-6-21)29(37)33-30-32-26-12-9-23(20-27(26)41-30)28(36)31-13-18-40-2/h7-12,20-21,25H,3-6,13-19H2,1-2H3,(H,31,36)(H,32,33,37)/t25-/m1/s1. The summed E-state index contributed by atoms with van der Waals surface area (Å²) >= 11 is 1.33. The molecule has 2 N–H and O–H groups in total. The molecule has 2 aromatic carbocycles. The largest absolute Gasteiger partial charge is 0.383 e. The number of benzene rings is 2. The second-order valence-electron chi connectivity index (χ2n) is 11.2. The van der Waals surface area contributed by atoms with E-state index in [1.54, 1.807) is 49.6 Å². The SMILES string of the molecule is COCCNC(=O)c1ccc2nc(NC(=O)[C@H](CC3CCCC3)c3ccc(S(=O)(=O)N4CCN(C)CC4)cc3)sc2c1. The first kappa shape index (κ1) is 30.6. The van der Waals surface area contributed by atoms with Crippen LogP contribution in [0.5, 0.6) is 0 Å². The quantitative estimate of drug-likeness (QED) is 0.315. The normalized spacial score (nSPS) is 17.9. The molecule has 1 aromatic heterocycles. The van der Waals surface area contributed by atoms with Gasteiger partial charge in [0, 0.05) is 45.4 Å². The summed E-state index contributed by atoms with van der Waals surface area (Å²) in [7, 11) is -0.0152. The molecule has 42 heavy (non-hydrogen) atoms. The molecule has 0 radical (unpaired) electrons. The van der Waals surface area contributed by atoms with Crippen LogP contribution in [0.3, 0.4) is 0 Å². The Morgan fingerprint density at radius 2 is 1.79 bits per heavy atom. The molecule has 1 saturated heterocycles. The molecule has 2 amide bonds. The van der Waals surface area contributed by atoms with Crippen LogP contribution in [0.25, 0.3) is 10.2 Å². The van der Waals surface area contributed by atoms with Gasteiger partial charge >= 0.3 is 0 Å². The maximum atomic E-state index is 13.7. The number of likely N-dealkylation sites (N-methyl/N-ethyl adjacent to an activating group) is 1. The molecule has 5 rings (SSSR count). The highest BCUT2D eigenvalue weighted by atomic mass is 32.2. The topological polar surface area (TPSA) is 121 Å². The number of thiazole rings is 1. The summed E-state index contributed by atoms with van der Waals surface area (Å²) in [6.45, 7) is 3.19. The molecule has 2 aliphatic rings. The van der Waals surface area contributed by atoms with Crippen LogP contribution in [0.15, 0.2) is 47.4 Å². The zero-order valence-corrected chi connectivity index (χ0v) is 25.8. The predicted molar refractivity (Wildman–Crippen MR) is 164 cm³/mol. The highest BCUT2D eigenvalue weighted by molar-refractivity contribution is 7.89.